The number of nitrogens with zero attached hydrogens (tertiary/aromatic N) is 6. The molecule has 0 saturated carbocycles. The molecule has 0 amide bonds. The molecule has 5 aromatic carbocycles. The van der Waals surface area contributed by atoms with Gasteiger partial charge in [-0.05, 0) is 249 Å². The first-order valence-electron chi connectivity index (χ1n) is 38.4. The van der Waals surface area contributed by atoms with E-state index in [1.807, 2.05) is 18.2 Å². The molecular weight excluding hydrogens is 1320 g/mol. The van der Waals surface area contributed by atoms with Crippen LogP contribution in [0.15, 0.2) is 121 Å². The fraction of sp³-hybridized carbons (Fsp3) is 0.306. The molecule has 0 fully saturated rings. The largest absolute Gasteiger partial charge is 0.354 e. The zero-order chi connectivity index (χ0) is 77.0. The first kappa shape index (κ1) is 72.7. The Morgan fingerprint density at radius 3 is 1.01 bits per heavy atom. The SMILES string of the molecule is Cc1cc(C)c(-c2c3nc(nc4[nH]c(cc4-c4cc5[nH]c4cc4nc(c(-c6cc(C(C)(C)C)cc(C(C)(C)C)c6)c6ccc([nH]6)c(-c6cc(C(C)(C)C)cc(C(C)(C)C)c6)c6nc(c5-c5cc(C(C)(C)C)cc(C(C)(C)C)c5)C=C6)C=C4)c(-c4c(C)cc(C)cc4C)c4nc(nc5ccc2[nH]5)C=C4)C=C3)c(C)c1. The summed E-state index contributed by atoms with van der Waals surface area (Å²) in [6.07, 6.45) is 17.1. The summed E-state index contributed by atoms with van der Waals surface area (Å²) in [5, 5.41) is 0. The van der Waals surface area contributed by atoms with E-state index in [1.165, 1.54) is 44.5 Å². The molecule has 0 aliphatic carbocycles. The number of aromatic amines is 4. The molecule has 10 nitrogen and oxygen atoms in total. The molecule has 10 heteroatoms. The smallest absolute Gasteiger partial charge is 0.155 e. The van der Waals surface area contributed by atoms with Gasteiger partial charge in [-0.1, -0.05) is 215 Å². The molecule has 0 unspecified atom stereocenters. The zero-order valence-corrected chi connectivity index (χ0v) is 67.8. The molecule has 4 aliphatic rings. The molecule has 108 heavy (non-hydrogen) atoms. The number of rotatable bonds is 6. The Kier molecular flexibility index (Phi) is 17.5. The molecule has 0 spiro atoms. The summed E-state index contributed by atoms with van der Waals surface area (Å²) >= 11 is 0. The van der Waals surface area contributed by atoms with Crippen LogP contribution in [0.3, 0.4) is 0 Å². The summed E-state index contributed by atoms with van der Waals surface area (Å²) in [6, 6.07) is 46.2. The lowest BCUT2D eigenvalue weighted by atomic mass is 9.78. The average Bonchev–Trinajstić information content (AvgIpc) is 1.58. The molecule has 4 aliphatic heterocycles. The van der Waals surface area contributed by atoms with Crippen molar-refractivity contribution in [3.05, 3.63) is 234 Å². The number of benzene rings is 5. The van der Waals surface area contributed by atoms with E-state index < -0.39 is 0 Å². The fourth-order valence-corrected chi connectivity index (χ4v) is 16.0. The van der Waals surface area contributed by atoms with Gasteiger partial charge in [0.25, 0.3) is 0 Å². The third-order valence-corrected chi connectivity index (χ3v) is 21.9. The van der Waals surface area contributed by atoms with Crippen LogP contribution in [0.1, 0.15) is 237 Å². The zero-order valence-electron chi connectivity index (χ0n) is 67.8. The number of H-pyrrole nitrogens is 4. The number of nitrogens with one attached hydrogen (secondary N) is 4. The van der Waals surface area contributed by atoms with Crippen molar-refractivity contribution >= 4 is 93.0 Å². The molecule has 0 saturated heterocycles. The number of hydrogen-bond donors (Lipinski definition) is 4. The van der Waals surface area contributed by atoms with Crippen molar-refractivity contribution in [1.82, 2.24) is 49.8 Å². The van der Waals surface area contributed by atoms with E-state index in [0.717, 1.165) is 156 Å². The summed E-state index contributed by atoms with van der Waals surface area (Å²) in [4.78, 5) is 49.8. The molecule has 16 bridgehead atoms. The number of aromatic nitrogens is 10. The summed E-state index contributed by atoms with van der Waals surface area (Å²) < 4.78 is 0. The van der Waals surface area contributed by atoms with Gasteiger partial charge in [-0.3, -0.25) is 0 Å². The highest BCUT2D eigenvalue weighted by Gasteiger charge is 2.30. The third-order valence-electron chi connectivity index (χ3n) is 21.9. The molecule has 6 aromatic heterocycles. The van der Waals surface area contributed by atoms with Crippen molar-refractivity contribution < 1.29 is 0 Å². The van der Waals surface area contributed by atoms with Crippen LogP contribution in [-0.2, 0) is 32.5 Å². The van der Waals surface area contributed by atoms with Crippen LogP contribution in [-0.4, -0.2) is 49.8 Å². The van der Waals surface area contributed by atoms with Crippen molar-refractivity contribution in [1.29, 1.82) is 0 Å². The van der Waals surface area contributed by atoms with Crippen LogP contribution in [0.25, 0.3) is 160 Å². The molecule has 4 N–H and O–H groups in total. The first-order chi connectivity index (χ1) is 50.7. The van der Waals surface area contributed by atoms with Crippen LogP contribution in [0.5, 0.6) is 0 Å². The van der Waals surface area contributed by atoms with Crippen molar-refractivity contribution in [3.63, 3.8) is 0 Å². The average molecular weight is 1420 g/mol. The Balaban J connectivity index is 1.15. The van der Waals surface area contributed by atoms with E-state index >= 15 is 0 Å². The van der Waals surface area contributed by atoms with Gasteiger partial charge >= 0.3 is 0 Å². The lowest BCUT2D eigenvalue weighted by molar-refractivity contribution is 0.568. The van der Waals surface area contributed by atoms with Crippen molar-refractivity contribution in [2.24, 2.45) is 0 Å². The van der Waals surface area contributed by atoms with Gasteiger partial charge < -0.3 is 19.9 Å². The van der Waals surface area contributed by atoms with Crippen LogP contribution >= 0.6 is 0 Å². The van der Waals surface area contributed by atoms with Crippen LogP contribution in [0, 0.1) is 41.5 Å². The summed E-state index contributed by atoms with van der Waals surface area (Å²) in [6.45, 7) is 54.8. The van der Waals surface area contributed by atoms with Crippen LogP contribution in [0.2, 0.25) is 0 Å². The molecule has 15 rings (SSSR count). The maximum Gasteiger partial charge on any atom is 0.155 e. The molecule has 11 aromatic rings. The number of hydrogen-bond acceptors (Lipinski definition) is 6. The predicted molar refractivity (Wildman–Crippen MR) is 460 cm³/mol. The van der Waals surface area contributed by atoms with E-state index in [-0.39, 0.29) is 32.5 Å². The molecular formula is C98H104N10. The normalized spacial score (nSPS) is 13.4. The highest BCUT2D eigenvalue weighted by molar-refractivity contribution is 6.04. The van der Waals surface area contributed by atoms with E-state index in [2.05, 4.69) is 338 Å². The lowest BCUT2D eigenvalue weighted by Crippen LogP contribution is -2.16. The van der Waals surface area contributed by atoms with Crippen molar-refractivity contribution in [2.45, 2.75) is 199 Å². The van der Waals surface area contributed by atoms with Crippen LogP contribution in [0.4, 0.5) is 0 Å². The Hall–Kier alpha value is -10.8. The minimum atomic E-state index is -0.202. The van der Waals surface area contributed by atoms with E-state index in [1.54, 1.807) is 0 Å². The second-order valence-corrected chi connectivity index (χ2v) is 37.0. The van der Waals surface area contributed by atoms with Gasteiger partial charge in [-0.2, -0.15) is 0 Å². The van der Waals surface area contributed by atoms with Gasteiger partial charge in [0.05, 0.1) is 39.7 Å². The predicted octanol–water partition coefficient (Wildman–Crippen LogP) is 26.1. The van der Waals surface area contributed by atoms with E-state index in [4.69, 9.17) is 29.9 Å². The van der Waals surface area contributed by atoms with E-state index in [0.29, 0.717) is 22.9 Å². The summed E-state index contributed by atoms with van der Waals surface area (Å²) in [7, 11) is 0. The maximum absolute atomic E-state index is 6.03. The number of fused-ring (bicyclic) bond motifs is 16. The van der Waals surface area contributed by atoms with Crippen molar-refractivity contribution in [3.8, 4) is 66.8 Å². The van der Waals surface area contributed by atoms with Crippen molar-refractivity contribution in [2.75, 3.05) is 0 Å². The van der Waals surface area contributed by atoms with E-state index in [9.17, 15) is 0 Å². The fourth-order valence-electron chi connectivity index (χ4n) is 16.0. The van der Waals surface area contributed by atoms with Gasteiger partial charge in [0.15, 0.2) is 11.6 Å². The summed E-state index contributed by atoms with van der Waals surface area (Å²) in [5.41, 5.74) is 37.1. The Morgan fingerprint density at radius 1 is 0.241 bits per heavy atom. The van der Waals surface area contributed by atoms with Crippen LogP contribution < -0.4 is 0 Å². The van der Waals surface area contributed by atoms with Gasteiger partial charge in [0.2, 0.25) is 0 Å². The maximum atomic E-state index is 6.03. The molecule has 0 radical (unpaired) electrons. The Bertz CT molecular complexity index is 5970. The highest BCUT2D eigenvalue weighted by atomic mass is 15.0. The molecule has 0 atom stereocenters. The summed E-state index contributed by atoms with van der Waals surface area (Å²) in [5.74, 6) is 1.15. The molecule has 10 heterocycles. The Morgan fingerprint density at radius 2 is 0.574 bits per heavy atom. The minimum Gasteiger partial charge on any atom is -0.354 e. The number of aryl methyl sites for hydroxylation is 6. The topological polar surface area (TPSA) is 140 Å². The Labute approximate surface area is 638 Å². The van der Waals surface area contributed by atoms with Gasteiger partial charge in [0.1, 0.15) is 11.3 Å². The second kappa shape index (κ2) is 26.0. The molecule has 546 valence electrons. The quantitative estimate of drug-likeness (QED) is 0.131. The van der Waals surface area contributed by atoms with Gasteiger partial charge in [-0.15, -0.1) is 0 Å². The third kappa shape index (κ3) is 13.8. The lowest BCUT2D eigenvalue weighted by Gasteiger charge is -2.26. The standard InChI is InChI=1S/C98H104N10/c1-53-37-55(3)85(56(4)38-53)90-76-31-34-82(103-76)107-83-35-32-78(104-83)91(86-57(5)39-54(2)40-58(86)6)81-52-70(92(106-81)108-84-36-33-77(90)105-84)69-51-80-89(61-45-66(97(19,20)21)49-67(46-61)98(22,23)24)75-30-29-74(101-75)88(60-43-64(95(13,14)15)48-65(44-60)96(16,17)18)73-28-27-72(100-73)87(71-26-25-68(99-71)50-79(69)102-80)59-41-62(93(7,8)9)47-63(42-59)94(10,11)12/h25-52,100,102H,1-24H3,(H,103,104,107)(H,105,106,108). The monoisotopic (exact) mass is 1420 g/mol. The minimum absolute atomic E-state index is 0.153. The van der Waals surface area contributed by atoms with Gasteiger partial charge in [0, 0.05) is 66.5 Å². The second-order valence-electron chi connectivity index (χ2n) is 37.0. The first-order valence-corrected chi connectivity index (χ1v) is 38.4. The van der Waals surface area contributed by atoms with Gasteiger partial charge in [-0.25, -0.2) is 29.9 Å². The highest BCUT2D eigenvalue weighted by Crippen LogP contribution is 2.47.